The van der Waals surface area contributed by atoms with E-state index in [1.54, 1.807) is 0 Å². The molecule has 13 heteroatoms. The van der Waals surface area contributed by atoms with E-state index in [9.17, 15) is 0 Å². The molecule has 0 aliphatic carbocycles. The Morgan fingerprint density at radius 1 is 0.727 bits per heavy atom. The predicted octanol–water partition coefficient (Wildman–Crippen LogP) is 0.353. The predicted molar refractivity (Wildman–Crippen MR) is 89.2 cm³/mol. The van der Waals surface area contributed by atoms with Crippen molar-refractivity contribution < 1.29 is 4.74 Å². The van der Waals surface area contributed by atoms with Crippen molar-refractivity contribution in [2.45, 2.75) is 20.6 Å². The number of aromatic nitrogens is 6. The van der Waals surface area contributed by atoms with Crippen molar-refractivity contribution in [1.82, 2.24) is 29.7 Å². The van der Waals surface area contributed by atoms with E-state index in [2.05, 4.69) is 20.4 Å². The third-order valence-electron chi connectivity index (χ3n) is 2.56. The maximum absolute atomic E-state index is 5.98. The van der Waals surface area contributed by atoms with Gasteiger partial charge in [-0.3, -0.25) is 0 Å². The van der Waals surface area contributed by atoms with Crippen LogP contribution >= 0.6 is 47.0 Å². The van der Waals surface area contributed by atoms with E-state index in [-0.39, 0.29) is 0 Å². The maximum atomic E-state index is 5.98. The zero-order valence-electron chi connectivity index (χ0n) is 11.4. The number of nitrogens with zero attached hydrogens (tertiary/aromatic N) is 6. The Bertz CT molecular complexity index is 579. The molecule has 1 aliphatic rings. The Morgan fingerprint density at radius 3 is 1.59 bits per heavy atom. The van der Waals surface area contributed by atoms with Crippen molar-refractivity contribution in [3.05, 3.63) is 0 Å². The normalized spacial score (nSPS) is 17.5. The summed E-state index contributed by atoms with van der Waals surface area (Å²) in [5.74, 6) is 13.5. The summed E-state index contributed by atoms with van der Waals surface area (Å²) < 4.78 is 8.55. The first-order valence-electron chi connectivity index (χ1n) is 6.25. The van der Waals surface area contributed by atoms with Crippen molar-refractivity contribution in [3.8, 4) is 0 Å². The number of rotatable bonds is 0. The van der Waals surface area contributed by atoms with Crippen molar-refractivity contribution in [2.24, 2.45) is 0 Å². The quantitative estimate of drug-likeness (QED) is 0.617. The monoisotopic (exact) mass is 378 g/mol. The van der Waals surface area contributed by atoms with Crippen LogP contribution in [0.3, 0.4) is 0 Å². The highest BCUT2D eigenvalue weighted by Gasteiger charge is 2.14. The zero-order chi connectivity index (χ0) is 15.4. The summed E-state index contributed by atoms with van der Waals surface area (Å²) in [6.45, 7) is 1.24. The summed E-state index contributed by atoms with van der Waals surface area (Å²) in [5, 5.41) is 19.7. The smallest absolute Gasteiger partial charge is 0.211 e. The number of thioether (sulfide) groups is 4. The van der Waals surface area contributed by atoms with Crippen molar-refractivity contribution in [3.63, 3.8) is 0 Å². The fourth-order valence-electron chi connectivity index (χ4n) is 1.54. The van der Waals surface area contributed by atoms with Gasteiger partial charge in [-0.2, -0.15) is 0 Å². The molecule has 1 aliphatic heterocycles. The third-order valence-corrected chi connectivity index (χ3v) is 6.39. The van der Waals surface area contributed by atoms with E-state index in [0.29, 0.717) is 38.9 Å². The molecular formula is C9H14N8OS4. The number of fused-ring (bicyclic) bond motifs is 4. The summed E-state index contributed by atoms with van der Waals surface area (Å²) in [6, 6.07) is 0. The van der Waals surface area contributed by atoms with E-state index < -0.39 is 0 Å². The molecule has 120 valence electrons. The molecule has 4 bridgehead atoms. The Morgan fingerprint density at radius 2 is 1.14 bits per heavy atom. The van der Waals surface area contributed by atoms with Crippen molar-refractivity contribution in [1.29, 1.82) is 0 Å². The summed E-state index contributed by atoms with van der Waals surface area (Å²) in [4.78, 5) is 0. The van der Waals surface area contributed by atoms with Gasteiger partial charge >= 0.3 is 0 Å². The number of hydrogen-bond donors (Lipinski definition) is 2. The second-order valence-electron chi connectivity index (χ2n) is 3.99. The van der Waals surface area contributed by atoms with Gasteiger partial charge in [0.2, 0.25) is 20.6 Å². The molecule has 0 atom stereocenters. The molecule has 2 aromatic heterocycles. The first-order valence-corrected chi connectivity index (χ1v) is 10.2. The average molecular weight is 379 g/mol. The third kappa shape index (κ3) is 3.76. The lowest BCUT2D eigenvalue weighted by Gasteiger charge is -2.06. The molecular weight excluding hydrogens is 364 g/mol. The standard InChI is InChI=1S/C9H14N8OS4/c10-16-6-12-14-8(16)21-5-22-9-15-13-7(17(9)11)20-4-2-18-1-3-19-6/h1-5,10-11H2. The average Bonchev–Trinajstić information content (AvgIpc) is 3.03. The molecule has 0 amide bonds. The fraction of sp³-hybridized carbons (Fsp3) is 0.556. The second kappa shape index (κ2) is 7.68. The van der Waals surface area contributed by atoms with Crippen LogP contribution < -0.4 is 11.7 Å². The molecule has 0 radical (unpaired) electrons. The van der Waals surface area contributed by atoms with E-state index in [4.69, 9.17) is 16.4 Å². The lowest BCUT2D eigenvalue weighted by Crippen LogP contribution is -2.13. The molecule has 4 N–H and O–H groups in total. The lowest BCUT2D eigenvalue weighted by atomic mass is 10.8. The van der Waals surface area contributed by atoms with Crippen LogP contribution in [0.4, 0.5) is 0 Å². The highest BCUT2D eigenvalue weighted by atomic mass is 32.2. The second-order valence-corrected chi connectivity index (χ2v) is 8.36. The zero-order valence-corrected chi connectivity index (χ0v) is 14.7. The molecule has 0 unspecified atom stereocenters. The van der Waals surface area contributed by atoms with Crippen LogP contribution in [0, 0.1) is 0 Å². The van der Waals surface area contributed by atoms with Crippen LogP contribution in [0.25, 0.3) is 0 Å². The summed E-state index contributed by atoms with van der Waals surface area (Å²) >= 11 is 6.02. The van der Waals surface area contributed by atoms with Crippen LogP contribution in [-0.2, 0) is 4.74 Å². The highest BCUT2D eigenvalue weighted by molar-refractivity contribution is 8.15. The van der Waals surface area contributed by atoms with Crippen LogP contribution in [0.15, 0.2) is 20.6 Å². The van der Waals surface area contributed by atoms with Gasteiger partial charge in [0.25, 0.3) is 0 Å². The lowest BCUT2D eigenvalue weighted by molar-refractivity contribution is 0.167. The topological polar surface area (TPSA) is 123 Å². The van der Waals surface area contributed by atoms with Gasteiger partial charge < -0.3 is 16.4 Å². The van der Waals surface area contributed by atoms with Crippen molar-refractivity contribution in [2.75, 3.05) is 41.5 Å². The number of hydrogen-bond acceptors (Lipinski definition) is 11. The minimum atomic E-state index is 0.622. The molecule has 0 saturated heterocycles. The minimum absolute atomic E-state index is 0.622. The summed E-state index contributed by atoms with van der Waals surface area (Å²) in [7, 11) is 0. The molecule has 3 heterocycles. The molecule has 3 rings (SSSR count). The van der Waals surface area contributed by atoms with Crippen LogP contribution in [0.2, 0.25) is 0 Å². The van der Waals surface area contributed by atoms with Crippen molar-refractivity contribution >= 4 is 47.0 Å². The first-order chi connectivity index (χ1) is 10.8. The molecule has 0 aromatic carbocycles. The SMILES string of the molecule is Nn1c2nnc1SCSc1nnc(n1N)SCCOCCS2. The first kappa shape index (κ1) is 16.1. The van der Waals surface area contributed by atoms with Crippen LogP contribution in [-0.4, -0.2) is 59.6 Å². The summed E-state index contributed by atoms with van der Waals surface area (Å²) in [5.41, 5.74) is 0. The van der Waals surface area contributed by atoms with E-state index in [0.717, 1.165) is 11.5 Å². The maximum Gasteiger partial charge on any atom is 0.211 e. The Labute approximate surface area is 143 Å². The fourth-order valence-corrected chi connectivity index (χ4v) is 4.80. The summed E-state index contributed by atoms with van der Waals surface area (Å²) in [6.07, 6.45) is 0. The van der Waals surface area contributed by atoms with Gasteiger partial charge in [-0.05, 0) is 0 Å². The molecule has 0 saturated carbocycles. The largest absolute Gasteiger partial charge is 0.380 e. The van der Waals surface area contributed by atoms with Gasteiger partial charge in [0.1, 0.15) is 0 Å². The highest BCUT2D eigenvalue weighted by Crippen LogP contribution is 2.28. The van der Waals surface area contributed by atoms with Gasteiger partial charge in [0, 0.05) is 11.5 Å². The molecule has 22 heavy (non-hydrogen) atoms. The van der Waals surface area contributed by atoms with Crippen LogP contribution in [0.5, 0.6) is 0 Å². The molecule has 2 aromatic rings. The van der Waals surface area contributed by atoms with Crippen LogP contribution in [0.1, 0.15) is 0 Å². The van der Waals surface area contributed by atoms with E-state index in [1.165, 1.54) is 56.4 Å². The molecule has 9 nitrogen and oxygen atoms in total. The van der Waals surface area contributed by atoms with Gasteiger partial charge in [0.05, 0.1) is 18.3 Å². The minimum Gasteiger partial charge on any atom is -0.380 e. The van der Waals surface area contributed by atoms with Gasteiger partial charge in [-0.25, -0.2) is 9.35 Å². The molecule has 0 fully saturated rings. The Balaban J connectivity index is 1.72. The van der Waals surface area contributed by atoms with E-state index >= 15 is 0 Å². The molecule has 0 spiro atoms. The Hall–Kier alpha value is -0.760. The van der Waals surface area contributed by atoms with Gasteiger partial charge in [-0.15, -0.1) is 20.4 Å². The number of nitrogen functional groups attached to an aromatic ring is 2. The van der Waals surface area contributed by atoms with E-state index in [1.807, 2.05) is 0 Å². The number of nitrogens with two attached hydrogens (primary N) is 2. The van der Waals surface area contributed by atoms with Gasteiger partial charge in [0.15, 0.2) is 0 Å². The Kier molecular flexibility index (Phi) is 5.62. The van der Waals surface area contributed by atoms with Gasteiger partial charge in [-0.1, -0.05) is 47.0 Å². The number of ether oxygens (including phenoxy) is 1.